The first-order chi connectivity index (χ1) is 9.99. The van der Waals surface area contributed by atoms with E-state index in [1.807, 2.05) is 0 Å². The van der Waals surface area contributed by atoms with Gasteiger partial charge in [0.05, 0.1) is 0 Å². The Morgan fingerprint density at radius 2 is 1.67 bits per heavy atom. The molecule has 0 fully saturated rings. The number of nitrogen functional groups attached to an aromatic ring is 1. The van der Waals surface area contributed by atoms with Gasteiger partial charge in [0.25, 0.3) is 0 Å². The van der Waals surface area contributed by atoms with E-state index in [2.05, 4.69) is 0 Å². The molecule has 0 amide bonds. The Kier molecular flexibility index (Phi) is 3.98. The van der Waals surface area contributed by atoms with Gasteiger partial charge in [0, 0.05) is 12.1 Å². The van der Waals surface area contributed by atoms with Crippen molar-refractivity contribution in [1.29, 1.82) is 0 Å². The standard InChI is InChI=1S/C13H12N4O4/c14-12-6-3-4-10(9-12)8-11-5-1-2-7-13(11)15(16(18)19)17(20)21/h1-7,9H,8,14H2. The van der Waals surface area contributed by atoms with Gasteiger partial charge in [-0.05, 0) is 29.3 Å². The van der Waals surface area contributed by atoms with Gasteiger partial charge in [-0.2, -0.15) is 0 Å². The first-order valence-corrected chi connectivity index (χ1v) is 6.00. The molecule has 0 aliphatic rings. The summed E-state index contributed by atoms with van der Waals surface area (Å²) < 4.78 is 0. The lowest BCUT2D eigenvalue weighted by atomic mass is 10.0. The van der Waals surface area contributed by atoms with Crippen molar-refractivity contribution >= 4 is 11.4 Å². The van der Waals surface area contributed by atoms with E-state index in [1.54, 1.807) is 36.4 Å². The van der Waals surface area contributed by atoms with Crippen LogP contribution in [0.5, 0.6) is 0 Å². The minimum absolute atomic E-state index is 0.0741. The normalized spacial score (nSPS) is 10.1. The zero-order valence-electron chi connectivity index (χ0n) is 10.9. The van der Waals surface area contributed by atoms with Crippen LogP contribution < -0.4 is 10.9 Å². The first kappa shape index (κ1) is 14.3. The van der Waals surface area contributed by atoms with E-state index >= 15 is 0 Å². The van der Waals surface area contributed by atoms with Gasteiger partial charge in [-0.1, -0.05) is 30.3 Å². The van der Waals surface area contributed by atoms with Crippen molar-refractivity contribution in [2.75, 3.05) is 10.9 Å². The summed E-state index contributed by atoms with van der Waals surface area (Å²) in [5.74, 6) is 0. The quantitative estimate of drug-likeness (QED) is 0.511. The molecule has 0 spiro atoms. The van der Waals surface area contributed by atoms with E-state index in [0.717, 1.165) is 5.56 Å². The summed E-state index contributed by atoms with van der Waals surface area (Å²) >= 11 is 0. The molecule has 21 heavy (non-hydrogen) atoms. The Labute approximate surface area is 119 Å². The summed E-state index contributed by atoms with van der Waals surface area (Å²) in [7, 11) is 0. The number of para-hydroxylation sites is 1. The minimum Gasteiger partial charge on any atom is -0.399 e. The lowest BCUT2D eigenvalue weighted by Gasteiger charge is -2.09. The third-order valence-corrected chi connectivity index (χ3v) is 2.86. The number of anilines is 2. The van der Waals surface area contributed by atoms with Gasteiger partial charge < -0.3 is 5.73 Å². The summed E-state index contributed by atoms with van der Waals surface area (Å²) in [6.07, 6.45) is 0.305. The highest BCUT2D eigenvalue weighted by atomic mass is 16.8. The molecule has 2 aromatic rings. The van der Waals surface area contributed by atoms with Crippen LogP contribution in [0.25, 0.3) is 0 Å². The molecular formula is C13H12N4O4. The van der Waals surface area contributed by atoms with Crippen molar-refractivity contribution < 1.29 is 10.1 Å². The van der Waals surface area contributed by atoms with Crippen LogP contribution >= 0.6 is 0 Å². The number of nitrogens with zero attached hydrogens (tertiary/aromatic N) is 3. The van der Waals surface area contributed by atoms with Gasteiger partial charge in [-0.3, -0.25) is 0 Å². The van der Waals surface area contributed by atoms with E-state index in [1.165, 1.54) is 12.1 Å². The summed E-state index contributed by atoms with van der Waals surface area (Å²) in [6.45, 7) is 0. The zero-order chi connectivity index (χ0) is 15.4. The number of hydrogen-bond donors (Lipinski definition) is 1. The van der Waals surface area contributed by atoms with Crippen LogP contribution in [0.15, 0.2) is 48.5 Å². The summed E-state index contributed by atoms with van der Waals surface area (Å²) in [5, 5.41) is 19.5. The van der Waals surface area contributed by atoms with E-state index in [9.17, 15) is 20.2 Å². The Hall–Kier alpha value is -3.16. The highest BCUT2D eigenvalue weighted by molar-refractivity contribution is 5.52. The Bertz CT molecular complexity index is 675. The number of nitrogens with two attached hydrogens (primary N) is 1. The largest absolute Gasteiger partial charge is 0.399 e. The van der Waals surface area contributed by atoms with Crippen molar-refractivity contribution in [3.05, 3.63) is 79.9 Å². The molecule has 0 aromatic heterocycles. The maximum absolute atomic E-state index is 10.9. The molecule has 8 heteroatoms. The van der Waals surface area contributed by atoms with Crippen molar-refractivity contribution in [3.63, 3.8) is 0 Å². The van der Waals surface area contributed by atoms with Gasteiger partial charge in [0.15, 0.2) is 10.8 Å². The fraction of sp³-hybridized carbons (Fsp3) is 0.0769. The molecule has 0 atom stereocenters. The number of hydrazine groups is 2. The molecule has 8 nitrogen and oxygen atoms in total. The fourth-order valence-electron chi connectivity index (χ4n) is 2.01. The Morgan fingerprint density at radius 1 is 1.00 bits per heavy atom. The van der Waals surface area contributed by atoms with Crippen LogP contribution in [0.3, 0.4) is 0 Å². The first-order valence-electron chi connectivity index (χ1n) is 6.00. The predicted octanol–water partition coefficient (Wildman–Crippen LogP) is 2.05. The van der Waals surface area contributed by atoms with Crippen LogP contribution in [0.1, 0.15) is 11.1 Å². The van der Waals surface area contributed by atoms with Crippen LogP contribution in [0.4, 0.5) is 11.4 Å². The van der Waals surface area contributed by atoms with Crippen LogP contribution in [0, 0.1) is 20.2 Å². The van der Waals surface area contributed by atoms with Crippen LogP contribution in [-0.4, -0.2) is 10.1 Å². The molecule has 0 radical (unpaired) electrons. The average molecular weight is 288 g/mol. The van der Waals surface area contributed by atoms with Gasteiger partial charge in [0.2, 0.25) is 10.1 Å². The Morgan fingerprint density at radius 3 is 2.29 bits per heavy atom. The third kappa shape index (κ3) is 3.24. The SMILES string of the molecule is Nc1cccc(Cc2ccccc2N([N+](=O)[O-])[N+](=O)[O-])c1. The number of hydrogen-bond acceptors (Lipinski definition) is 5. The molecule has 0 aliphatic heterocycles. The topological polar surface area (TPSA) is 116 Å². The number of benzene rings is 2. The van der Waals surface area contributed by atoms with E-state index in [-0.39, 0.29) is 10.8 Å². The van der Waals surface area contributed by atoms with Gasteiger partial charge in [-0.25, -0.2) is 20.2 Å². The van der Waals surface area contributed by atoms with E-state index in [4.69, 9.17) is 5.73 Å². The van der Waals surface area contributed by atoms with Gasteiger partial charge in [0.1, 0.15) is 0 Å². The molecule has 0 bridgehead atoms. The maximum Gasteiger partial charge on any atom is 0.228 e. The molecule has 0 heterocycles. The fourth-order valence-corrected chi connectivity index (χ4v) is 2.01. The van der Waals surface area contributed by atoms with Gasteiger partial charge >= 0.3 is 0 Å². The van der Waals surface area contributed by atoms with Crippen molar-refractivity contribution in [3.8, 4) is 0 Å². The zero-order valence-corrected chi connectivity index (χ0v) is 10.9. The van der Waals surface area contributed by atoms with E-state index < -0.39 is 10.1 Å². The van der Waals surface area contributed by atoms with Crippen molar-refractivity contribution in [2.45, 2.75) is 6.42 Å². The smallest absolute Gasteiger partial charge is 0.228 e. The summed E-state index contributed by atoms with van der Waals surface area (Å²) in [6, 6.07) is 13.1. The lowest BCUT2D eigenvalue weighted by molar-refractivity contribution is -0.712. The molecule has 0 saturated carbocycles. The van der Waals surface area contributed by atoms with Crippen molar-refractivity contribution in [1.82, 2.24) is 0 Å². The molecule has 0 aliphatic carbocycles. The molecule has 2 rings (SSSR count). The second kappa shape index (κ2) is 5.87. The van der Waals surface area contributed by atoms with Crippen molar-refractivity contribution in [2.24, 2.45) is 0 Å². The van der Waals surface area contributed by atoms with Crippen LogP contribution in [0.2, 0.25) is 0 Å². The minimum atomic E-state index is -1.06. The monoisotopic (exact) mass is 288 g/mol. The average Bonchev–Trinajstić information content (AvgIpc) is 2.40. The number of rotatable bonds is 5. The molecule has 0 unspecified atom stereocenters. The highest BCUT2D eigenvalue weighted by Crippen LogP contribution is 2.24. The summed E-state index contributed by atoms with van der Waals surface area (Å²) in [5.41, 5.74) is 7.45. The molecule has 2 aromatic carbocycles. The van der Waals surface area contributed by atoms with E-state index in [0.29, 0.717) is 17.7 Å². The van der Waals surface area contributed by atoms with Gasteiger partial charge in [-0.15, -0.1) is 0 Å². The second-order valence-corrected chi connectivity index (χ2v) is 4.32. The maximum atomic E-state index is 10.9. The predicted molar refractivity (Wildman–Crippen MR) is 76.6 cm³/mol. The lowest BCUT2D eigenvalue weighted by Crippen LogP contribution is -2.36. The summed E-state index contributed by atoms with van der Waals surface area (Å²) in [4.78, 5) is 21.7. The molecule has 2 N–H and O–H groups in total. The molecule has 0 saturated heterocycles. The Balaban J connectivity index is 2.41. The third-order valence-electron chi connectivity index (χ3n) is 2.86. The highest BCUT2D eigenvalue weighted by Gasteiger charge is 2.32. The molecular weight excluding hydrogens is 276 g/mol. The molecule has 108 valence electrons. The van der Waals surface area contributed by atoms with Crippen LogP contribution in [-0.2, 0) is 6.42 Å². The number of nitro groups is 2. The second-order valence-electron chi connectivity index (χ2n) is 4.32.